The van der Waals surface area contributed by atoms with Gasteiger partial charge in [-0.1, -0.05) is 48.2 Å². The van der Waals surface area contributed by atoms with E-state index in [0.717, 1.165) is 11.4 Å². The summed E-state index contributed by atoms with van der Waals surface area (Å²) in [7, 11) is 0. The lowest BCUT2D eigenvalue weighted by Crippen LogP contribution is -2.24. The molecule has 2 heterocycles. The highest BCUT2D eigenvalue weighted by Gasteiger charge is 2.31. The molecule has 0 spiro atoms. The second-order valence-corrected chi connectivity index (χ2v) is 8.36. The Balaban J connectivity index is 1.36. The van der Waals surface area contributed by atoms with Crippen LogP contribution in [0.3, 0.4) is 0 Å². The van der Waals surface area contributed by atoms with Gasteiger partial charge in [-0.2, -0.15) is 4.98 Å². The van der Waals surface area contributed by atoms with E-state index in [1.165, 1.54) is 11.8 Å². The molecule has 0 saturated heterocycles. The number of benzene rings is 2. The Morgan fingerprint density at radius 2 is 1.69 bits per heavy atom. The van der Waals surface area contributed by atoms with E-state index in [-0.39, 0.29) is 34.4 Å². The maximum Gasteiger partial charge on any atom is 0.253 e. The number of aryl methyl sites for hydroxylation is 2. The second-order valence-electron chi connectivity index (χ2n) is 7.41. The molecule has 0 fully saturated rings. The van der Waals surface area contributed by atoms with Crippen LogP contribution in [0.25, 0.3) is 5.78 Å². The zero-order chi connectivity index (χ0) is 22.4. The number of carbonyl (C=O) groups is 3. The number of aromatic nitrogens is 4. The molecule has 32 heavy (non-hydrogen) atoms. The van der Waals surface area contributed by atoms with Crippen molar-refractivity contribution in [3.63, 3.8) is 0 Å². The number of thioether (sulfide) groups is 1. The minimum absolute atomic E-state index is 0.0390. The number of amides is 1. The van der Waals surface area contributed by atoms with Crippen molar-refractivity contribution in [2.24, 2.45) is 0 Å². The Bertz CT molecular complexity index is 1440. The number of nitrogens with one attached hydrogen (secondary N) is 1. The Labute approximate surface area is 187 Å². The zero-order valence-corrected chi connectivity index (χ0v) is 18.1. The van der Waals surface area contributed by atoms with Crippen LogP contribution in [0.4, 0.5) is 5.69 Å². The van der Waals surface area contributed by atoms with Crippen LogP contribution in [-0.2, 0) is 4.79 Å². The standard InChI is InChI=1S/C23H17N5O3S/c1-12-10-13(2)28-22(24-12)26-23(27-28)32-11-18(29)25-17-9-5-8-16-19(17)21(31)15-7-4-3-6-14(15)20(16)30/h3-10H,11H2,1-2H3,(H,25,29). The lowest BCUT2D eigenvalue weighted by Gasteiger charge is -2.20. The van der Waals surface area contributed by atoms with E-state index in [4.69, 9.17) is 0 Å². The molecule has 0 radical (unpaired) electrons. The third kappa shape index (κ3) is 3.36. The van der Waals surface area contributed by atoms with Crippen LogP contribution in [0.15, 0.2) is 53.7 Å². The molecule has 2 aromatic carbocycles. The van der Waals surface area contributed by atoms with Crippen molar-refractivity contribution in [1.82, 2.24) is 19.6 Å². The molecule has 5 rings (SSSR count). The molecule has 8 nitrogen and oxygen atoms in total. The molecule has 4 aromatic rings. The third-order valence-electron chi connectivity index (χ3n) is 5.16. The first kappa shape index (κ1) is 20.1. The molecular weight excluding hydrogens is 426 g/mol. The van der Waals surface area contributed by atoms with Crippen molar-refractivity contribution in [3.05, 3.63) is 82.2 Å². The van der Waals surface area contributed by atoms with Crippen molar-refractivity contribution in [3.8, 4) is 0 Å². The number of carbonyl (C=O) groups excluding carboxylic acids is 3. The van der Waals surface area contributed by atoms with Crippen molar-refractivity contribution in [2.45, 2.75) is 19.0 Å². The molecule has 158 valence electrons. The van der Waals surface area contributed by atoms with Crippen molar-refractivity contribution < 1.29 is 14.4 Å². The van der Waals surface area contributed by atoms with Gasteiger partial charge in [-0.3, -0.25) is 14.4 Å². The van der Waals surface area contributed by atoms with Gasteiger partial charge in [0, 0.05) is 28.1 Å². The molecule has 1 aliphatic carbocycles. The Hall–Kier alpha value is -3.85. The van der Waals surface area contributed by atoms with E-state index in [0.29, 0.717) is 27.7 Å². The zero-order valence-electron chi connectivity index (χ0n) is 17.2. The monoisotopic (exact) mass is 443 g/mol. The molecule has 1 aliphatic rings. The fourth-order valence-corrected chi connectivity index (χ4v) is 4.39. The summed E-state index contributed by atoms with van der Waals surface area (Å²) in [5.74, 6) is -0.324. The molecular formula is C23H17N5O3S. The quantitative estimate of drug-likeness (QED) is 0.425. The maximum absolute atomic E-state index is 13.1. The minimum Gasteiger partial charge on any atom is -0.325 e. The topological polar surface area (TPSA) is 106 Å². The number of ketones is 2. The molecule has 0 saturated carbocycles. The first-order valence-corrected chi connectivity index (χ1v) is 10.9. The fourth-order valence-electron chi connectivity index (χ4n) is 3.77. The van der Waals surface area contributed by atoms with Crippen LogP contribution in [0.5, 0.6) is 0 Å². The number of fused-ring (bicyclic) bond motifs is 3. The number of anilines is 1. The molecule has 0 bridgehead atoms. The van der Waals surface area contributed by atoms with Crippen molar-refractivity contribution in [2.75, 3.05) is 11.1 Å². The van der Waals surface area contributed by atoms with E-state index in [9.17, 15) is 14.4 Å². The van der Waals surface area contributed by atoms with Crippen molar-refractivity contribution >= 4 is 40.7 Å². The van der Waals surface area contributed by atoms with Gasteiger partial charge in [0.15, 0.2) is 11.6 Å². The summed E-state index contributed by atoms with van der Waals surface area (Å²) in [6.07, 6.45) is 0. The molecule has 1 amide bonds. The smallest absolute Gasteiger partial charge is 0.253 e. The van der Waals surface area contributed by atoms with Gasteiger partial charge in [0.1, 0.15) is 0 Å². The first-order chi connectivity index (χ1) is 15.4. The minimum atomic E-state index is -0.331. The first-order valence-electron chi connectivity index (χ1n) is 9.87. The predicted octanol–water partition coefficient (Wildman–Crippen LogP) is 3.25. The van der Waals surface area contributed by atoms with Crippen LogP contribution in [-0.4, -0.2) is 42.8 Å². The summed E-state index contributed by atoms with van der Waals surface area (Å²) in [4.78, 5) is 47.2. The SMILES string of the molecule is Cc1cc(C)n2nc(SCC(=O)Nc3cccc4c3C(=O)c3ccccc3C4=O)nc2n1. The second kappa shape index (κ2) is 7.69. The Morgan fingerprint density at radius 1 is 0.969 bits per heavy atom. The Morgan fingerprint density at radius 3 is 2.47 bits per heavy atom. The molecule has 0 unspecified atom stereocenters. The average molecular weight is 443 g/mol. The summed E-state index contributed by atoms with van der Waals surface area (Å²) in [5, 5.41) is 7.57. The highest BCUT2D eigenvalue weighted by Crippen LogP contribution is 2.32. The highest BCUT2D eigenvalue weighted by molar-refractivity contribution is 7.99. The average Bonchev–Trinajstić information content (AvgIpc) is 3.19. The number of hydrogen-bond acceptors (Lipinski definition) is 7. The molecule has 9 heteroatoms. The van der Waals surface area contributed by atoms with Gasteiger partial charge in [-0.15, -0.1) is 5.10 Å². The van der Waals surface area contributed by atoms with Crippen molar-refractivity contribution in [1.29, 1.82) is 0 Å². The number of rotatable bonds is 4. The van der Waals surface area contributed by atoms with Gasteiger partial charge in [-0.25, -0.2) is 9.50 Å². The van der Waals surface area contributed by atoms with E-state index in [1.807, 2.05) is 19.9 Å². The highest BCUT2D eigenvalue weighted by atomic mass is 32.2. The summed E-state index contributed by atoms with van der Waals surface area (Å²) in [6.45, 7) is 3.79. The molecule has 0 aliphatic heterocycles. The van der Waals surface area contributed by atoms with Crippen LogP contribution >= 0.6 is 11.8 Å². The summed E-state index contributed by atoms with van der Waals surface area (Å²) in [6, 6.07) is 13.5. The fraction of sp³-hybridized carbons (Fsp3) is 0.130. The van der Waals surface area contributed by atoms with Crippen LogP contribution in [0.1, 0.15) is 43.2 Å². The van der Waals surface area contributed by atoms with E-state index < -0.39 is 0 Å². The maximum atomic E-state index is 13.1. The van der Waals surface area contributed by atoms with Crippen LogP contribution in [0.2, 0.25) is 0 Å². The van der Waals surface area contributed by atoms with Crippen LogP contribution in [0, 0.1) is 13.8 Å². The van der Waals surface area contributed by atoms with E-state index >= 15 is 0 Å². The normalized spacial score (nSPS) is 12.6. The molecule has 0 atom stereocenters. The van der Waals surface area contributed by atoms with Gasteiger partial charge in [0.05, 0.1) is 17.0 Å². The number of nitrogens with zero attached hydrogens (tertiary/aromatic N) is 4. The lowest BCUT2D eigenvalue weighted by molar-refractivity contribution is -0.113. The van der Waals surface area contributed by atoms with Gasteiger partial charge >= 0.3 is 0 Å². The summed E-state index contributed by atoms with van der Waals surface area (Å²) >= 11 is 1.17. The van der Waals surface area contributed by atoms with E-state index in [2.05, 4.69) is 20.4 Å². The molecule has 2 aromatic heterocycles. The van der Waals surface area contributed by atoms with Gasteiger partial charge < -0.3 is 5.32 Å². The van der Waals surface area contributed by atoms with Gasteiger partial charge in [-0.05, 0) is 26.0 Å². The molecule has 1 N–H and O–H groups in total. The third-order valence-corrected chi connectivity index (χ3v) is 6.00. The number of hydrogen-bond donors (Lipinski definition) is 1. The van der Waals surface area contributed by atoms with Gasteiger partial charge in [0.2, 0.25) is 11.1 Å². The lowest BCUT2D eigenvalue weighted by atomic mass is 9.83. The van der Waals surface area contributed by atoms with Crippen LogP contribution < -0.4 is 5.32 Å². The predicted molar refractivity (Wildman–Crippen MR) is 119 cm³/mol. The van der Waals surface area contributed by atoms with Gasteiger partial charge in [0.25, 0.3) is 5.78 Å². The summed E-state index contributed by atoms with van der Waals surface area (Å²) < 4.78 is 1.63. The van der Waals surface area contributed by atoms with E-state index in [1.54, 1.807) is 47.0 Å². The summed E-state index contributed by atoms with van der Waals surface area (Å²) in [5.41, 5.74) is 3.28. The Kier molecular flexibility index (Phi) is 4.82. The largest absolute Gasteiger partial charge is 0.325 e.